The van der Waals surface area contributed by atoms with Crippen LogP contribution >= 0.6 is 0 Å². The van der Waals surface area contributed by atoms with Crippen LogP contribution in [0.2, 0.25) is 0 Å². The summed E-state index contributed by atoms with van der Waals surface area (Å²) >= 11 is 0. The van der Waals surface area contributed by atoms with Crippen molar-refractivity contribution in [1.29, 1.82) is 0 Å². The summed E-state index contributed by atoms with van der Waals surface area (Å²) in [6, 6.07) is 0.260. The molecule has 4 rings (SSSR count). The van der Waals surface area contributed by atoms with Crippen molar-refractivity contribution in [3.05, 3.63) is 35.6 Å². The minimum atomic E-state index is -0.203. The lowest BCUT2D eigenvalue weighted by atomic mass is 9.54. The van der Waals surface area contributed by atoms with E-state index in [1.165, 1.54) is 12.0 Å². The van der Waals surface area contributed by atoms with Crippen molar-refractivity contribution in [2.75, 3.05) is 14.2 Å². The van der Waals surface area contributed by atoms with Crippen molar-refractivity contribution >= 4 is 0 Å². The van der Waals surface area contributed by atoms with Crippen molar-refractivity contribution in [2.45, 2.75) is 44.8 Å². The monoisotopic (exact) mass is 315 g/mol. The molecule has 0 aromatic carbocycles. The first-order chi connectivity index (χ1) is 11.1. The van der Waals surface area contributed by atoms with Gasteiger partial charge in [0.05, 0.1) is 13.2 Å². The van der Waals surface area contributed by atoms with E-state index in [1.807, 2.05) is 7.05 Å². The Hall–Kier alpha value is -1.06. The van der Waals surface area contributed by atoms with Crippen molar-refractivity contribution < 1.29 is 9.84 Å². The summed E-state index contributed by atoms with van der Waals surface area (Å²) in [5.74, 6) is 3.58. The largest absolute Gasteiger partial charge is 0.497 e. The lowest BCUT2D eigenvalue weighted by Crippen LogP contribution is -2.47. The van der Waals surface area contributed by atoms with E-state index in [9.17, 15) is 5.11 Å². The minimum Gasteiger partial charge on any atom is -0.497 e. The molecule has 23 heavy (non-hydrogen) atoms. The van der Waals surface area contributed by atoms with E-state index >= 15 is 0 Å². The van der Waals surface area contributed by atoms with E-state index in [4.69, 9.17) is 4.74 Å². The predicted molar refractivity (Wildman–Crippen MR) is 91.7 cm³/mol. The zero-order chi connectivity index (χ0) is 16.2. The maximum absolute atomic E-state index is 10.8. The van der Waals surface area contributed by atoms with Gasteiger partial charge in [-0.2, -0.15) is 0 Å². The normalized spacial score (nSPS) is 48.0. The van der Waals surface area contributed by atoms with E-state index in [2.05, 4.69) is 36.5 Å². The average molecular weight is 315 g/mol. The number of methoxy groups -OCH3 is 1. The predicted octanol–water partition coefficient (Wildman–Crippen LogP) is 3.03. The molecular weight excluding hydrogens is 286 g/mol. The molecule has 3 heteroatoms. The molecule has 2 N–H and O–H groups in total. The number of fused-ring (bicyclic) bond motifs is 5. The number of ether oxygens (including phenoxy) is 1. The number of rotatable bonds is 2. The molecule has 2 unspecified atom stereocenters. The third-order valence-electron chi connectivity index (χ3n) is 7.35. The van der Waals surface area contributed by atoms with Crippen LogP contribution in [-0.4, -0.2) is 31.4 Å². The summed E-state index contributed by atoms with van der Waals surface area (Å²) in [5.41, 5.74) is 1.53. The molecule has 2 fully saturated rings. The molecule has 4 aliphatic rings. The number of nitrogens with one attached hydrogen (secondary N) is 1. The fourth-order valence-electron chi connectivity index (χ4n) is 6.00. The van der Waals surface area contributed by atoms with Crippen LogP contribution in [0.5, 0.6) is 0 Å². The molecule has 0 aliphatic heterocycles. The van der Waals surface area contributed by atoms with Crippen LogP contribution in [-0.2, 0) is 4.74 Å². The lowest BCUT2D eigenvalue weighted by molar-refractivity contribution is -0.0439. The van der Waals surface area contributed by atoms with Crippen LogP contribution in [0.3, 0.4) is 0 Å². The Morgan fingerprint density at radius 3 is 2.91 bits per heavy atom. The summed E-state index contributed by atoms with van der Waals surface area (Å²) < 4.78 is 5.40. The Morgan fingerprint density at radius 2 is 2.17 bits per heavy atom. The van der Waals surface area contributed by atoms with Gasteiger partial charge in [0.2, 0.25) is 0 Å². The van der Waals surface area contributed by atoms with E-state index in [0.29, 0.717) is 17.8 Å². The van der Waals surface area contributed by atoms with E-state index < -0.39 is 0 Å². The SMILES string of the molecule is CNC1C[C@H]2[C@@H]3CC=C4C=C(OC)C=C[C@@H]4[C@H]3CC[C@]2(C)C1O. The number of aliphatic hydroxyl groups excluding tert-OH is 1. The van der Waals surface area contributed by atoms with E-state index in [0.717, 1.165) is 30.9 Å². The van der Waals surface area contributed by atoms with Crippen LogP contribution in [0.4, 0.5) is 0 Å². The second-order valence-electron chi connectivity index (χ2n) is 8.13. The smallest absolute Gasteiger partial charge is 0.118 e. The van der Waals surface area contributed by atoms with Gasteiger partial charge in [0.1, 0.15) is 5.76 Å². The van der Waals surface area contributed by atoms with Gasteiger partial charge in [-0.15, -0.1) is 0 Å². The molecule has 7 atom stereocenters. The van der Waals surface area contributed by atoms with Crippen molar-refractivity contribution in [2.24, 2.45) is 29.1 Å². The minimum absolute atomic E-state index is 0.0894. The number of hydrogen-bond acceptors (Lipinski definition) is 3. The van der Waals surface area contributed by atoms with Gasteiger partial charge in [-0.25, -0.2) is 0 Å². The Labute approximate surface area is 139 Å². The van der Waals surface area contributed by atoms with Crippen molar-refractivity contribution in [3.63, 3.8) is 0 Å². The third kappa shape index (κ3) is 2.16. The maximum Gasteiger partial charge on any atom is 0.118 e. The van der Waals surface area contributed by atoms with Crippen LogP contribution in [0.25, 0.3) is 0 Å². The number of hydrogen-bond donors (Lipinski definition) is 2. The molecule has 0 saturated heterocycles. The van der Waals surface area contributed by atoms with Crippen molar-refractivity contribution in [1.82, 2.24) is 5.32 Å². The van der Waals surface area contributed by atoms with E-state index in [1.54, 1.807) is 7.11 Å². The van der Waals surface area contributed by atoms with Gasteiger partial charge in [-0.1, -0.05) is 19.1 Å². The molecule has 4 aliphatic carbocycles. The van der Waals surface area contributed by atoms with Crippen molar-refractivity contribution in [3.8, 4) is 0 Å². The van der Waals surface area contributed by atoms with Gasteiger partial charge in [-0.3, -0.25) is 0 Å². The van der Waals surface area contributed by atoms with Crippen LogP contribution in [0.15, 0.2) is 35.6 Å². The topological polar surface area (TPSA) is 41.5 Å². The van der Waals surface area contributed by atoms with Gasteiger partial charge in [0, 0.05) is 12.0 Å². The summed E-state index contributed by atoms with van der Waals surface area (Å²) in [4.78, 5) is 0. The summed E-state index contributed by atoms with van der Waals surface area (Å²) in [5, 5.41) is 14.2. The zero-order valence-electron chi connectivity index (χ0n) is 14.5. The summed E-state index contributed by atoms with van der Waals surface area (Å²) in [6.07, 6.45) is 13.6. The Morgan fingerprint density at radius 1 is 1.35 bits per heavy atom. The lowest BCUT2D eigenvalue weighted by Gasteiger charge is -2.51. The standard InChI is InChI=1S/C20H29NO2/c1-20-9-8-15-14-7-5-13(23-3)10-12(14)4-6-16(15)17(20)11-18(21-2)19(20)22/h4-5,7,10,14-19,21-22H,6,8-9,11H2,1-3H3/t14-,15+,16+,17-,18?,19?,20-/m0/s1. The highest BCUT2D eigenvalue weighted by molar-refractivity contribution is 5.39. The van der Waals surface area contributed by atoms with Gasteiger partial charge >= 0.3 is 0 Å². The van der Waals surface area contributed by atoms with Crippen LogP contribution in [0.1, 0.15) is 32.6 Å². The molecule has 0 amide bonds. The molecule has 0 bridgehead atoms. The second kappa shape index (κ2) is 5.49. The van der Waals surface area contributed by atoms with Gasteiger partial charge < -0.3 is 15.2 Å². The molecule has 0 radical (unpaired) electrons. The molecule has 0 aromatic rings. The highest BCUT2D eigenvalue weighted by Gasteiger charge is 2.58. The Balaban J connectivity index is 1.64. The molecule has 3 nitrogen and oxygen atoms in total. The van der Waals surface area contributed by atoms with Gasteiger partial charge in [-0.05, 0) is 73.6 Å². The quantitative estimate of drug-likeness (QED) is 0.823. The highest BCUT2D eigenvalue weighted by atomic mass is 16.5. The summed E-state index contributed by atoms with van der Waals surface area (Å²) in [6.45, 7) is 2.33. The first-order valence-corrected chi connectivity index (χ1v) is 9.07. The second-order valence-corrected chi connectivity index (χ2v) is 8.13. The molecular formula is C20H29NO2. The number of aliphatic hydroxyl groups is 1. The first-order valence-electron chi connectivity index (χ1n) is 9.07. The first kappa shape index (κ1) is 15.5. The van der Waals surface area contributed by atoms with Crippen LogP contribution in [0, 0.1) is 29.1 Å². The average Bonchev–Trinajstić information content (AvgIpc) is 2.85. The fraction of sp³-hybridized carbons (Fsp3) is 0.700. The zero-order valence-corrected chi connectivity index (χ0v) is 14.5. The summed E-state index contributed by atoms with van der Waals surface area (Å²) in [7, 11) is 3.73. The molecule has 2 saturated carbocycles. The van der Waals surface area contributed by atoms with Gasteiger partial charge in [0.15, 0.2) is 0 Å². The third-order valence-corrected chi connectivity index (χ3v) is 7.35. The maximum atomic E-state index is 10.8. The fourth-order valence-corrected chi connectivity index (χ4v) is 6.00. The molecule has 0 aromatic heterocycles. The van der Waals surface area contributed by atoms with Gasteiger partial charge in [0.25, 0.3) is 0 Å². The Bertz CT molecular complexity index is 578. The molecule has 126 valence electrons. The number of allylic oxidation sites excluding steroid dienone is 5. The molecule has 0 spiro atoms. The molecule has 0 heterocycles. The highest BCUT2D eigenvalue weighted by Crippen LogP contribution is 2.60. The Kier molecular flexibility index (Phi) is 3.69. The number of likely N-dealkylation sites (N-methyl/N-ethyl adjacent to an activating group) is 1. The van der Waals surface area contributed by atoms with E-state index in [-0.39, 0.29) is 17.6 Å². The van der Waals surface area contributed by atoms with Crippen LogP contribution < -0.4 is 5.32 Å².